The third-order valence-electron chi connectivity index (χ3n) is 1.92. The minimum Gasteiger partial charge on any atom is -0.465 e. The summed E-state index contributed by atoms with van der Waals surface area (Å²) in [6.07, 6.45) is -2.78. The average molecular weight is 337 g/mol. The lowest BCUT2D eigenvalue weighted by molar-refractivity contribution is 0.0588. The number of benzene rings is 1. The molecular formula is C10H6F2INO2. The summed E-state index contributed by atoms with van der Waals surface area (Å²) in [5.74, 6) is -0.864. The summed E-state index contributed by atoms with van der Waals surface area (Å²) < 4.78 is 29.9. The highest BCUT2D eigenvalue weighted by Gasteiger charge is 2.23. The van der Waals surface area contributed by atoms with Gasteiger partial charge in [-0.05, 0) is 28.7 Å². The normalized spacial score (nSPS) is 10.0. The molecule has 6 heteroatoms. The van der Waals surface area contributed by atoms with E-state index in [1.54, 1.807) is 22.6 Å². The molecule has 1 rings (SSSR count). The van der Waals surface area contributed by atoms with Crippen molar-refractivity contribution in [1.29, 1.82) is 5.26 Å². The number of rotatable bonds is 2. The largest absolute Gasteiger partial charge is 0.465 e. The molecule has 0 heterocycles. The maximum atomic E-state index is 12.6. The van der Waals surface area contributed by atoms with Crippen LogP contribution in [0.15, 0.2) is 12.1 Å². The van der Waals surface area contributed by atoms with E-state index in [9.17, 15) is 13.6 Å². The smallest absolute Gasteiger partial charge is 0.339 e. The van der Waals surface area contributed by atoms with Crippen molar-refractivity contribution in [3.8, 4) is 6.07 Å². The highest BCUT2D eigenvalue weighted by molar-refractivity contribution is 14.1. The van der Waals surface area contributed by atoms with Crippen molar-refractivity contribution >= 4 is 28.6 Å². The number of alkyl halides is 2. The maximum absolute atomic E-state index is 12.6. The van der Waals surface area contributed by atoms with Crippen molar-refractivity contribution in [1.82, 2.24) is 0 Å². The Bertz CT molecular complexity index is 469. The first-order valence-corrected chi connectivity index (χ1v) is 5.19. The number of hydrogen-bond acceptors (Lipinski definition) is 3. The molecule has 0 bridgehead atoms. The molecule has 0 N–H and O–H groups in total. The van der Waals surface area contributed by atoms with Crippen molar-refractivity contribution in [2.24, 2.45) is 0 Å². The Balaban J connectivity index is 3.50. The lowest BCUT2D eigenvalue weighted by Gasteiger charge is -2.10. The summed E-state index contributed by atoms with van der Waals surface area (Å²) in [6, 6.07) is 4.15. The highest BCUT2D eigenvalue weighted by atomic mass is 127. The van der Waals surface area contributed by atoms with Gasteiger partial charge < -0.3 is 4.74 Å². The zero-order chi connectivity index (χ0) is 12.3. The third kappa shape index (κ3) is 2.29. The molecule has 0 atom stereocenters. The quantitative estimate of drug-likeness (QED) is 0.616. The molecule has 1 aromatic carbocycles. The van der Waals surface area contributed by atoms with Crippen LogP contribution in [0.2, 0.25) is 0 Å². The Morgan fingerprint density at radius 1 is 1.56 bits per heavy atom. The number of nitrogens with zero attached hydrogens (tertiary/aromatic N) is 1. The van der Waals surface area contributed by atoms with Crippen molar-refractivity contribution in [2.75, 3.05) is 7.11 Å². The second kappa shape index (κ2) is 5.21. The number of hydrogen-bond donors (Lipinski definition) is 0. The van der Waals surface area contributed by atoms with Crippen molar-refractivity contribution in [2.45, 2.75) is 6.43 Å². The van der Waals surface area contributed by atoms with Gasteiger partial charge in [-0.25, -0.2) is 13.6 Å². The molecule has 3 nitrogen and oxygen atoms in total. The summed E-state index contributed by atoms with van der Waals surface area (Å²) in [7, 11) is 1.10. The molecule has 0 saturated heterocycles. The van der Waals surface area contributed by atoms with E-state index in [4.69, 9.17) is 5.26 Å². The average Bonchev–Trinajstić information content (AvgIpc) is 2.27. The number of methoxy groups -OCH3 is 1. The van der Waals surface area contributed by atoms with Crippen molar-refractivity contribution in [3.05, 3.63) is 32.4 Å². The Morgan fingerprint density at radius 2 is 2.19 bits per heavy atom. The Labute approximate surface area is 104 Å². The van der Waals surface area contributed by atoms with Crippen LogP contribution < -0.4 is 0 Å². The lowest BCUT2D eigenvalue weighted by Crippen LogP contribution is -2.10. The number of halogens is 3. The van der Waals surface area contributed by atoms with Gasteiger partial charge in [0.1, 0.15) is 6.07 Å². The van der Waals surface area contributed by atoms with Gasteiger partial charge in [0, 0.05) is 9.13 Å². The van der Waals surface area contributed by atoms with Gasteiger partial charge in [0.15, 0.2) is 0 Å². The van der Waals surface area contributed by atoms with Gasteiger partial charge in [0.25, 0.3) is 6.43 Å². The van der Waals surface area contributed by atoms with Crippen LogP contribution in [0, 0.1) is 14.9 Å². The molecule has 0 radical (unpaired) electrons. The number of esters is 1. The van der Waals surface area contributed by atoms with Crippen LogP contribution in [0.25, 0.3) is 0 Å². The molecule has 0 saturated carbocycles. The second-order valence-corrected chi connectivity index (χ2v) is 3.87. The standard InChI is InChI=1S/C10H6F2INO2/c1-16-10(15)7-6(9(11)12)3-2-5(4-14)8(7)13/h2-3,9H,1H3. The molecule has 1 aromatic rings. The Morgan fingerprint density at radius 3 is 2.62 bits per heavy atom. The van der Waals surface area contributed by atoms with Crippen LogP contribution in [0.4, 0.5) is 8.78 Å². The first kappa shape index (κ1) is 12.8. The van der Waals surface area contributed by atoms with Gasteiger partial charge >= 0.3 is 5.97 Å². The predicted octanol–water partition coefficient (Wildman–Crippen LogP) is 2.89. The zero-order valence-corrected chi connectivity index (χ0v) is 10.3. The van der Waals surface area contributed by atoms with E-state index < -0.39 is 18.0 Å². The van der Waals surface area contributed by atoms with Gasteiger partial charge in [-0.2, -0.15) is 5.26 Å². The Hall–Kier alpha value is -1.23. The number of nitriles is 1. The zero-order valence-electron chi connectivity index (χ0n) is 8.13. The first-order valence-electron chi connectivity index (χ1n) is 4.11. The number of carbonyl (C=O) groups excluding carboxylic acids is 1. The minimum absolute atomic E-state index is 0.172. The van der Waals surface area contributed by atoms with E-state index in [2.05, 4.69) is 4.74 Å². The predicted molar refractivity (Wildman–Crippen MR) is 60.2 cm³/mol. The van der Waals surface area contributed by atoms with Crippen LogP contribution in [0.1, 0.15) is 27.9 Å². The number of ether oxygens (including phenoxy) is 1. The van der Waals surface area contributed by atoms with E-state index in [1.807, 2.05) is 6.07 Å². The van der Waals surface area contributed by atoms with Crippen LogP contribution in [-0.4, -0.2) is 13.1 Å². The summed E-state index contributed by atoms with van der Waals surface area (Å²) in [6.45, 7) is 0. The van der Waals surface area contributed by atoms with Gasteiger partial charge in [0.05, 0.1) is 18.2 Å². The van der Waals surface area contributed by atoms with Crippen molar-refractivity contribution < 1.29 is 18.3 Å². The van der Waals surface area contributed by atoms with Crippen LogP contribution >= 0.6 is 22.6 Å². The van der Waals surface area contributed by atoms with E-state index in [-0.39, 0.29) is 14.7 Å². The maximum Gasteiger partial charge on any atom is 0.339 e. The van der Waals surface area contributed by atoms with Gasteiger partial charge in [-0.15, -0.1) is 0 Å². The first-order chi connectivity index (χ1) is 7.52. The topological polar surface area (TPSA) is 50.1 Å². The van der Waals surface area contributed by atoms with E-state index in [0.717, 1.165) is 13.2 Å². The van der Waals surface area contributed by atoms with E-state index >= 15 is 0 Å². The Kier molecular flexibility index (Phi) is 4.18. The summed E-state index contributed by atoms with van der Waals surface area (Å²) in [5, 5.41) is 8.73. The third-order valence-corrected chi connectivity index (χ3v) is 3.04. The van der Waals surface area contributed by atoms with Crippen molar-refractivity contribution in [3.63, 3.8) is 0 Å². The van der Waals surface area contributed by atoms with E-state index in [1.165, 1.54) is 6.07 Å². The summed E-state index contributed by atoms with van der Waals surface area (Å²) >= 11 is 1.68. The fourth-order valence-corrected chi connectivity index (χ4v) is 2.00. The molecular weight excluding hydrogens is 331 g/mol. The SMILES string of the molecule is COC(=O)c1c(C(F)F)ccc(C#N)c1I. The monoisotopic (exact) mass is 337 g/mol. The number of carbonyl (C=O) groups is 1. The van der Waals surface area contributed by atoms with Gasteiger partial charge in [-0.3, -0.25) is 0 Å². The minimum atomic E-state index is -2.78. The summed E-state index contributed by atoms with van der Waals surface area (Å²) in [4.78, 5) is 11.4. The fourth-order valence-electron chi connectivity index (χ4n) is 1.17. The molecule has 0 aromatic heterocycles. The molecule has 0 fully saturated rings. The molecule has 0 aliphatic carbocycles. The van der Waals surface area contributed by atoms with E-state index in [0.29, 0.717) is 0 Å². The molecule has 0 amide bonds. The molecule has 0 aliphatic heterocycles. The summed E-state index contributed by atoms with van der Waals surface area (Å²) in [5.41, 5.74) is -0.488. The second-order valence-electron chi connectivity index (χ2n) is 2.80. The lowest BCUT2D eigenvalue weighted by atomic mass is 10.0. The van der Waals surface area contributed by atoms with Crippen LogP contribution in [0.3, 0.4) is 0 Å². The fraction of sp³-hybridized carbons (Fsp3) is 0.200. The molecule has 0 unspecified atom stereocenters. The van der Waals surface area contributed by atoms with Crippen LogP contribution in [0.5, 0.6) is 0 Å². The van der Waals surface area contributed by atoms with Gasteiger partial charge in [0.2, 0.25) is 0 Å². The van der Waals surface area contributed by atoms with Crippen LogP contribution in [-0.2, 0) is 4.74 Å². The molecule has 0 spiro atoms. The molecule has 16 heavy (non-hydrogen) atoms. The highest BCUT2D eigenvalue weighted by Crippen LogP contribution is 2.29. The molecule has 84 valence electrons. The van der Waals surface area contributed by atoms with Gasteiger partial charge in [-0.1, -0.05) is 6.07 Å². The molecule has 0 aliphatic rings.